The van der Waals surface area contributed by atoms with Crippen molar-refractivity contribution in [3.63, 3.8) is 0 Å². The number of aliphatic hydroxyl groups is 1. The molecule has 42 heavy (non-hydrogen) atoms. The Kier molecular flexibility index (Phi) is 7.49. The second-order valence-electron chi connectivity index (χ2n) is 11.1. The number of nitrogens with zero attached hydrogens (tertiary/aromatic N) is 6. The Morgan fingerprint density at radius 3 is 2.67 bits per heavy atom. The topological polar surface area (TPSA) is 138 Å². The fourth-order valence-corrected chi connectivity index (χ4v) is 5.90. The third-order valence-corrected chi connectivity index (χ3v) is 8.23. The summed E-state index contributed by atoms with van der Waals surface area (Å²) in [4.78, 5) is 10.9. The molecule has 1 aliphatic heterocycles. The van der Waals surface area contributed by atoms with Gasteiger partial charge in [0, 0.05) is 31.2 Å². The second kappa shape index (κ2) is 11.2. The van der Waals surface area contributed by atoms with Crippen molar-refractivity contribution < 1.29 is 18.6 Å². The summed E-state index contributed by atoms with van der Waals surface area (Å²) in [5, 5.41) is 27.2. The molecule has 218 valence electrons. The van der Waals surface area contributed by atoms with Crippen LogP contribution in [0.2, 0.25) is 0 Å². The number of hydrogen-bond acceptors (Lipinski definition) is 9. The number of benzene rings is 1. The van der Waals surface area contributed by atoms with Gasteiger partial charge in [0.1, 0.15) is 11.6 Å². The van der Waals surface area contributed by atoms with E-state index in [1.54, 1.807) is 30.7 Å². The number of nitrogens with one attached hydrogen (secondary N) is 1. The summed E-state index contributed by atoms with van der Waals surface area (Å²) >= 11 is 0. The van der Waals surface area contributed by atoms with Crippen LogP contribution in [0.15, 0.2) is 48.9 Å². The van der Waals surface area contributed by atoms with Crippen LogP contribution in [0.1, 0.15) is 38.2 Å². The van der Waals surface area contributed by atoms with E-state index >= 15 is 8.78 Å². The number of nitrogens with two attached hydrogens (primary N) is 1. The van der Waals surface area contributed by atoms with Crippen molar-refractivity contribution in [2.24, 2.45) is 11.7 Å². The summed E-state index contributed by atoms with van der Waals surface area (Å²) in [6.45, 7) is 3.64. The number of pyridine rings is 1. The third kappa shape index (κ3) is 5.15. The molecule has 1 aromatic carbocycles. The van der Waals surface area contributed by atoms with E-state index in [0.717, 1.165) is 12.1 Å². The van der Waals surface area contributed by atoms with Crippen molar-refractivity contribution >= 4 is 22.8 Å². The molecule has 1 aliphatic carbocycles. The lowest BCUT2D eigenvalue weighted by Crippen LogP contribution is -2.56. The number of rotatable bonds is 8. The van der Waals surface area contributed by atoms with E-state index in [1.165, 1.54) is 16.6 Å². The molecule has 2 aliphatic rings. The summed E-state index contributed by atoms with van der Waals surface area (Å²) in [6.07, 6.45) is 6.93. The summed E-state index contributed by atoms with van der Waals surface area (Å²) < 4.78 is 37.8. The normalized spacial score (nSPS) is 21.6. The zero-order valence-corrected chi connectivity index (χ0v) is 23.2. The molecular formula is C30H32F2N8O2. The maximum atomic E-state index is 15.2. The molecule has 1 saturated carbocycles. The van der Waals surface area contributed by atoms with Crippen LogP contribution in [0.5, 0.6) is 0 Å². The summed E-state index contributed by atoms with van der Waals surface area (Å²) in [7, 11) is 0. The smallest absolute Gasteiger partial charge is 0.229 e. The van der Waals surface area contributed by atoms with Crippen LogP contribution in [-0.2, 0) is 10.3 Å². The highest BCUT2D eigenvalue weighted by molar-refractivity contribution is 5.74. The van der Waals surface area contributed by atoms with Crippen LogP contribution < -0.4 is 16.0 Å². The Hall–Kier alpha value is -4.18. The van der Waals surface area contributed by atoms with E-state index in [-0.39, 0.29) is 34.9 Å². The van der Waals surface area contributed by atoms with Crippen molar-refractivity contribution in [3.8, 4) is 17.3 Å². The lowest BCUT2D eigenvalue weighted by atomic mass is 9.75. The molecule has 6 rings (SSSR count). The minimum Gasteiger partial charge on any atom is -0.385 e. The molecule has 10 nitrogen and oxygen atoms in total. The van der Waals surface area contributed by atoms with Gasteiger partial charge in [-0.15, -0.1) is 0 Å². The van der Waals surface area contributed by atoms with E-state index in [2.05, 4.69) is 38.3 Å². The van der Waals surface area contributed by atoms with Gasteiger partial charge in [-0.1, -0.05) is 6.92 Å². The zero-order valence-electron chi connectivity index (χ0n) is 23.2. The minimum atomic E-state index is -1.18. The minimum absolute atomic E-state index is 0.0929. The van der Waals surface area contributed by atoms with Crippen LogP contribution in [-0.4, -0.2) is 56.5 Å². The van der Waals surface area contributed by atoms with Gasteiger partial charge in [-0.05, 0) is 55.2 Å². The van der Waals surface area contributed by atoms with Crippen molar-refractivity contribution in [3.05, 3.63) is 66.1 Å². The molecule has 0 bridgehead atoms. The molecule has 0 radical (unpaired) electrons. The molecule has 12 heteroatoms. The predicted octanol–water partition coefficient (Wildman–Crippen LogP) is 4.27. The second-order valence-corrected chi connectivity index (χ2v) is 11.1. The van der Waals surface area contributed by atoms with Gasteiger partial charge in [0.2, 0.25) is 5.95 Å². The summed E-state index contributed by atoms with van der Waals surface area (Å²) in [5.74, 6) is -1.11. The van der Waals surface area contributed by atoms with E-state index in [1.807, 2.05) is 6.07 Å². The lowest BCUT2D eigenvalue weighted by molar-refractivity contribution is -0.0392. The Bertz CT molecular complexity index is 1620. The Labute approximate surface area is 241 Å². The molecule has 4 heterocycles. The standard InChI is InChI=1S/C30H32F2N8O2/c1-18-16-39(17-23(34)28(18)42-11-3-9-33)26-6-10-35-15-25(26)37-29-36-14-20-4-5-24(38-40(20)29)27-21(31)12-19(13-22(27)32)30(41)7-2-8-30/h4-6,10,12-15,18,23,28,41H,2-3,7-8,11,16-17,34H2,1H3,(H,36,37). The van der Waals surface area contributed by atoms with Crippen molar-refractivity contribution in [1.29, 1.82) is 5.26 Å². The number of aromatic nitrogens is 4. The molecule has 4 aromatic rings. The van der Waals surface area contributed by atoms with Crippen molar-refractivity contribution in [2.45, 2.75) is 50.4 Å². The lowest BCUT2D eigenvalue weighted by Gasteiger charge is -2.42. The SMILES string of the molecule is CC1CN(c2ccncc2Nc2ncc3ccc(-c4c(F)cc(C5(O)CCC5)cc4F)nn23)CC(N)C1OCCC#N. The van der Waals surface area contributed by atoms with Gasteiger partial charge >= 0.3 is 0 Å². The molecule has 0 amide bonds. The maximum Gasteiger partial charge on any atom is 0.229 e. The highest BCUT2D eigenvalue weighted by Gasteiger charge is 2.38. The number of halogens is 2. The third-order valence-electron chi connectivity index (χ3n) is 8.23. The highest BCUT2D eigenvalue weighted by Crippen LogP contribution is 2.42. The van der Waals surface area contributed by atoms with Gasteiger partial charge in [-0.25, -0.2) is 13.8 Å². The summed E-state index contributed by atoms with van der Waals surface area (Å²) in [6, 6.07) is 9.34. The van der Waals surface area contributed by atoms with Gasteiger partial charge in [0.25, 0.3) is 0 Å². The largest absolute Gasteiger partial charge is 0.385 e. The molecule has 3 aromatic heterocycles. The van der Waals surface area contributed by atoms with Crippen LogP contribution in [0.4, 0.5) is 26.1 Å². The number of hydrogen-bond donors (Lipinski definition) is 3. The zero-order chi connectivity index (χ0) is 29.4. The van der Waals surface area contributed by atoms with Crippen LogP contribution in [0.3, 0.4) is 0 Å². The quantitative estimate of drug-likeness (QED) is 0.264. The first kappa shape index (κ1) is 28.0. The van der Waals surface area contributed by atoms with Crippen molar-refractivity contribution in [2.75, 3.05) is 29.9 Å². The first-order valence-corrected chi connectivity index (χ1v) is 14.0. The van der Waals surface area contributed by atoms with Crippen LogP contribution in [0, 0.1) is 28.9 Å². The average Bonchev–Trinajstić information content (AvgIpc) is 3.35. The Morgan fingerprint density at radius 1 is 1.19 bits per heavy atom. The van der Waals surface area contributed by atoms with Crippen LogP contribution in [0.25, 0.3) is 16.8 Å². The number of anilines is 3. The molecule has 1 saturated heterocycles. The summed E-state index contributed by atoms with van der Waals surface area (Å²) in [5.41, 5.74) is 7.53. The van der Waals surface area contributed by atoms with Gasteiger partial charge in [-0.3, -0.25) is 4.98 Å². The predicted molar refractivity (Wildman–Crippen MR) is 153 cm³/mol. The van der Waals surface area contributed by atoms with Gasteiger partial charge < -0.3 is 25.8 Å². The number of imidazole rings is 1. The Morgan fingerprint density at radius 2 is 1.98 bits per heavy atom. The first-order chi connectivity index (χ1) is 20.3. The number of nitriles is 1. The van der Waals surface area contributed by atoms with E-state index in [4.69, 9.17) is 15.7 Å². The van der Waals surface area contributed by atoms with E-state index < -0.39 is 17.2 Å². The first-order valence-electron chi connectivity index (χ1n) is 14.0. The molecule has 2 fully saturated rings. The maximum absolute atomic E-state index is 15.2. The highest BCUT2D eigenvalue weighted by atomic mass is 19.1. The molecule has 3 unspecified atom stereocenters. The molecule has 0 spiro atoms. The fourth-order valence-electron chi connectivity index (χ4n) is 5.90. The average molecular weight is 575 g/mol. The van der Waals surface area contributed by atoms with Gasteiger partial charge in [0.05, 0.1) is 71.3 Å². The molecule has 3 atom stereocenters. The number of ether oxygens (including phenoxy) is 1. The van der Waals surface area contributed by atoms with Crippen molar-refractivity contribution in [1.82, 2.24) is 19.6 Å². The van der Waals surface area contributed by atoms with Gasteiger partial charge in [-0.2, -0.15) is 14.9 Å². The number of piperidine rings is 1. The molecular weight excluding hydrogens is 542 g/mol. The molecule has 4 N–H and O–H groups in total. The Balaban J connectivity index is 1.27. The monoisotopic (exact) mass is 574 g/mol. The van der Waals surface area contributed by atoms with Crippen LogP contribution >= 0.6 is 0 Å². The fraction of sp³-hybridized carbons (Fsp3) is 0.400. The number of fused-ring (bicyclic) bond motifs is 1. The van der Waals surface area contributed by atoms with Gasteiger partial charge in [0.15, 0.2) is 0 Å². The van der Waals surface area contributed by atoms with E-state index in [9.17, 15) is 5.11 Å². The van der Waals surface area contributed by atoms with E-state index in [0.29, 0.717) is 56.1 Å².